The Balaban J connectivity index is 1.29. The monoisotopic (exact) mass is 597 g/mol. The molecule has 1 aliphatic carbocycles. The largest absolute Gasteiger partial charge is 0.352 e. The highest BCUT2D eigenvalue weighted by Crippen LogP contribution is 2.42. The molecule has 200 valence electrons. The predicted octanol–water partition coefficient (Wildman–Crippen LogP) is 5.37. The first-order chi connectivity index (χ1) is 18.3. The molecule has 2 amide bonds. The van der Waals surface area contributed by atoms with E-state index in [2.05, 4.69) is 21.2 Å². The number of anilines is 1. The first-order valence-electron chi connectivity index (χ1n) is 13.1. The fourth-order valence-corrected chi connectivity index (χ4v) is 7.49. The summed E-state index contributed by atoms with van der Waals surface area (Å²) in [5, 5.41) is 4.73. The molecule has 0 aromatic heterocycles. The minimum absolute atomic E-state index is 0.135. The Morgan fingerprint density at radius 1 is 1.05 bits per heavy atom. The lowest BCUT2D eigenvalue weighted by molar-refractivity contribution is -0.141. The van der Waals surface area contributed by atoms with Gasteiger partial charge in [-0.15, -0.1) is 0 Å². The van der Waals surface area contributed by atoms with Gasteiger partial charge < -0.3 is 10.2 Å². The minimum Gasteiger partial charge on any atom is -0.352 e. The third-order valence-corrected chi connectivity index (χ3v) is 9.95. The highest BCUT2D eigenvalue weighted by Gasteiger charge is 2.35. The molecule has 0 saturated heterocycles. The number of sulfonamides is 1. The molecule has 9 heteroatoms. The third kappa shape index (κ3) is 5.31. The number of halogens is 1. The Morgan fingerprint density at radius 2 is 1.74 bits per heavy atom. The SMILES string of the molecule is CC(C(=O)NC1CCCC1)N(Cc1ccc(Br)cc1)C(=O)CCCN1c2cccc3cccc(c23)S1(=O)=O. The van der Waals surface area contributed by atoms with E-state index in [1.807, 2.05) is 48.5 Å². The second-order valence-corrected chi connectivity index (χ2v) is 12.9. The van der Waals surface area contributed by atoms with Crippen LogP contribution in [0.25, 0.3) is 10.8 Å². The van der Waals surface area contributed by atoms with E-state index in [0.717, 1.165) is 46.5 Å². The van der Waals surface area contributed by atoms with Crippen molar-refractivity contribution in [2.24, 2.45) is 0 Å². The number of amides is 2. The molecule has 38 heavy (non-hydrogen) atoms. The van der Waals surface area contributed by atoms with Gasteiger partial charge >= 0.3 is 0 Å². The Kier molecular flexibility index (Phi) is 7.77. The minimum atomic E-state index is -3.67. The lowest BCUT2D eigenvalue weighted by Crippen LogP contribution is -2.49. The van der Waals surface area contributed by atoms with E-state index in [0.29, 0.717) is 23.5 Å². The van der Waals surface area contributed by atoms with Gasteiger partial charge in [0.2, 0.25) is 11.8 Å². The van der Waals surface area contributed by atoms with Gasteiger partial charge in [-0.05, 0) is 61.4 Å². The van der Waals surface area contributed by atoms with Crippen LogP contribution in [-0.4, -0.2) is 43.8 Å². The molecule has 0 radical (unpaired) electrons. The van der Waals surface area contributed by atoms with E-state index >= 15 is 0 Å². The van der Waals surface area contributed by atoms with Crippen molar-refractivity contribution in [1.29, 1.82) is 0 Å². The Labute approximate surface area is 232 Å². The molecule has 0 spiro atoms. The zero-order valence-electron chi connectivity index (χ0n) is 21.4. The average Bonchev–Trinajstić information content (AvgIpc) is 3.49. The smallest absolute Gasteiger partial charge is 0.265 e. The summed E-state index contributed by atoms with van der Waals surface area (Å²) in [5.74, 6) is -0.319. The lowest BCUT2D eigenvalue weighted by atomic mass is 10.1. The highest BCUT2D eigenvalue weighted by atomic mass is 79.9. The predicted molar refractivity (Wildman–Crippen MR) is 152 cm³/mol. The van der Waals surface area contributed by atoms with Gasteiger partial charge in [-0.2, -0.15) is 0 Å². The summed E-state index contributed by atoms with van der Waals surface area (Å²) in [5.41, 5.74) is 1.58. The number of hydrogen-bond donors (Lipinski definition) is 1. The van der Waals surface area contributed by atoms with Crippen LogP contribution in [0.4, 0.5) is 5.69 Å². The van der Waals surface area contributed by atoms with Crippen molar-refractivity contribution >= 4 is 54.2 Å². The summed E-state index contributed by atoms with van der Waals surface area (Å²) < 4.78 is 28.9. The van der Waals surface area contributed by atoms with E-state index in [-0.39, 0.29) is 30.8 Å². The van der Waals surface area contributed by atoms with E-state index in [1.54, 1.807) is 24.0 Å². The van der Waals surface area contributed by atoms with Gasteiger partial charge in [0.1, 0.15) is 6.04 Å². The van der Waals surface area contributed by atoms with Crippen LogP contribution in [0.5, 0.6) is 0 Å². The van der Waals surface area contributed by atoms with Crippen LogP contribution >= 0.6 is 15.9 Å². The Bertz CT molecular complexity index is 1450. The van der Waals surface area contributed by atoms with Crippen LogP contribution in [0.1, 0.15) is 51.0 Å². The number of nitrogens with zero attached hydrogens (tertiary/aromatic N) is 2. The van der Waals surface area contributed by atoms with Crippen LogP contribution in [0.3, 0.4) is 0 Å². The fraction of sp³-hybridized carbons (Fsp3) is 0.379. The molecule has 1 aliphatic heterocycles. The first-order valence-corrected chi connectivity index (χ1v) is 15.4. The summed E-state index contributed by atoms with van der Waals surface area (Å²) in [6, 6.07) is 18.1. The van der Waals surface area contributed by atoms with Crippen LogP contribution in [0.2, 0.25) is 0 Å². The molecule has 7 nitrogen and oxygen atoms in total. The number of carbonyl (C=O) groups is 2. The van der Waals surface area contributed by atoms with Crippen LogP contribution in [-0.2, 0) is 26.2 Å². The zero-order valence-corrected chi connectivity index (χ0v) is 23.8. The zero-order chi connectivity index (χ0) is 26.9. The molecule has 3 aromatic rings. The van der Waals surface area contributed by atoms with Gasteiger partial charge in [0.25, 0.3) is 10.0 Å². The average molecular weight is 599 g/mol. The molecule has 1 N–H and O–H groups in total. The van der Waals surface area contributed by atoms with Crippen LogP contribution in [0, 0.1) is 0 Å². The molecule has 3 aromatic carbocycles. The van der Waals surface area contributed by atoms with Gasteiger partial charge in [-0.3, -0.25) is 13.9 Å². The van der Waals surface area contributed by atoms with Gasteiger partial charge in [-0.1, -0.05) is 65.2 Å². The van der Waals surface area contributed by atoms with Crippen molar-refractivity contribution in [2.75, 3.05) is 10.8 Å². The number of nitrogens with one attached hydrogen (secondary N) is 1. The van der Waals surface area contributed by atoms with E-state index < -0.39 is 16.1 Å². The maximum absolute atomic E-state index is 13.5. The molecule has 1 unspecified atom stereocenters. The van der Waals surface area contributed by atoms with Gasteiger partial charge in [0, 0.05) is 35.4 Å². The molecule has 0 bridgehead atoms. The lowest BCUT2D eigenvalue weighted by Gasteiger charge is -2.30. The Morgan fingerprint density at radius 3 is 2.45 bits per heavy atom. The van der Waals surface area contributed by atoms with Crippen molar-refractivity contribution in [3.63, 3.8) is 0 Å². The fourth-order valence-electron chi connectivity index (χ4n) is 5.48. The molecule has 1 fully saturated rings. The standard InChI is InChI=1S/C29H32BrN3O4S/c1-20(29(35)31-24-9-2-3-10-24)32(19-21-14-16-23(30)17-15-21)27(34)13-6-18-33-25-11-4-7-22-8-5-12-26(28(22)25)38(33,36)37/h4-5,7-8,11-12,14-17,20,24H,2-3,6,9-10,13,18-19H2,1H3,(H,31,35). The maximum Gasteiger partial charge on any atom is 0.265 e. The summed E-state index contributed by atoms with van der Waals surface area (Å²) in [6.07, 6.45) is 4.64. The first kappa shape index (κ1) is 26.7. The third-order valence-electron chi connectivity index (χ3n) is 7.57. The molecule has 1 heterocycles. The van der Waals surface area contributed by atoms with E-state index in [4.69, 9.17) is 0 Å². The number of hydrogen-bond acceptors (Lipinski definition) is 4. The number of rotatable bonds is 9. The van der Waals surface area contributed by atoms with Gasteiger partial charge in [0.05, 0.1) is 10.6 Å². The summed E-state index contributed by atoms with van der Waals surface area (Å²) in [7, 11) is -3.67. The second-order valence-electron chi connectivity index (χ2n) is 10.1. The summed E-state index contributed by atoms with van der Waals surface area (Å²) in [6.45, 7) is 2.26. The van der Waals surface area contributed by atoms with Crippen molar-refractivity contribution in [3.8, 4) is 0 Å². The quantitative estimate of drug-likeness (QED) is 0.359. The molecule has 2 aliphatic rings. The Hall–Kier alpha value is -2.91. The van der Waals surface area contributed by atoms with Crippen molar-refractivity contribution in [2.45, 2.75) is 69.0 Å². The molecular weight excluding hydrogens is 566 g/mol. The number of carbonyl (C=O) groups excluding carboxylic acids is 2. The second kappa shape index (κ2) is 11.1. The highest BCUT2D eigenvalue weighted by molar-refractivity contribution is 9.10. The molecule has 1 atom stereocenters. The van der Waals surface area contributed by atoms with E-state index in [1.165, 1.54) is 4.31 Å². The molecular formula is C29H32BrN3O4S. The van der Waals surface area contributed by atoms with Crippen LogP contribution in [0.15, 0.2) is 70.0 Å². The summed E-state index contributed by atoms with van der Waals surface area (Å²) >= 11 is 3.44. The van der Waals surface area contributed by atoms with Crippen molar-refractivity contribution in [1.82, 2.24) is 10.2 Å². The van der Waals surface area contributed by atoms with Crippen molar-refractivity contribution < 1.29 is 18.0 Å². The van der Waals surface area contributed by atoms with Gasteiger partial charge in [0.15, 0.2) is 0 Å². The normalized spacial score (nSPS) is 17.1. The molecule has 1 saturated carbocycles. The molecule has 5 rings (SSSR count). The van der Waals surface area contributed by atoms with Crippen molar-refractivity contribution in [3.05, 3.63) is 70.7 Å². The van der Waals surface area contributed by atoms with Crippen LogP contribution < -0.4 is 9.62 Å². The van der Waals surface area contributed by atoms with Gasteiger partial charge in [-0.25, -0.2) is 8.42 Å². The topological polar surface area (TPSA) is 86.8 Å². The maximum atomic E-state index is 13.5. The van der Waals surface area contributed by atoms with E-state index in [9.17, 15) is 18.0 Å². The number of benzene rings is 3. The summed E-state index contributed by atoms with van der Waals surface area (Å²) in [4.78, 5) is 28.5.